The van der Waals surface area contributed by atoms with Gasteiger partial charge in [0.15, 0.2) is 0 Å². The molecule has 3 nitrogen and oxygen atoms in total. The number of rotatable bonds is 3. The van der Waals surface area contributed by atoms with E-state index < -0.39 is 0 Å². The van der Waals surface area contributed by atoms with Gasteiger partial charge in [0.25, 0.3) is 0 Å². The predicted octanol–water partition coefficient (Wildman–Crippen LogP) is 5.03. The first-order chi connectivity index (χ1) is 10.6. The van der Waals surface area contributed by atoms with Crippen LogP contribution in [0.3, 0.4) is 0 Å². The molecule has 23 heavy (non-hydrogen) atoms. The van der Waals surface area contributed by atoms with Crippen molar-refractivity contribution < 1.29 is 9.15 Å². The first-order valence-corrected chi connectivity index (χ1v) is 8.59. The topological polar surface area (TPSA) is 34.4 Å². The minimum Gasteiger partial charge on any atom is -0.490 e. The largest absolute Gasteiger partial charge is 0.490 e. The fourth-order valence-corrected chi connectivity index (χ4v) is 3.04. The van der Waals surface area contributed by atoms with Gasteiger partial charge in [-0.3, -0.25) is 0 Å². The van der Waals surface area contributed by atoms with Crippen LogP contribution in [0, 0.1) is 0 Å². The van der Waals surface area contributed by atoms with Crippen LogP contribution in [0.25, 0.3) is 11.0 Å². The minimum atomic E-state index is 0.0276. The molecule has 1 fully saturated rings. The lowest BCUT2D eigenvalue weighted by Crippen LogP contribution is -2.53. The van der Waals surface area contributed by atoms with Crippen LogP contribution >= 0.6 is 0 Å². The summed E-state index contributed by atoms with van der Waals surface area (Å²) in [5, 5.41) is 4.76. The van der Waals surface area contributed by atoms with E-state index in [0.29, 0.717) is 12.1 Å². The van der Waals surface area contributed by atoms with Crippen molar-refractivity contribution in [2.75, 3.05) is 0 Å². The summed E-state index contributed by atoms with van der Waals surface area (Å²) in [5.74, 6) is 1.93. The van der Waals surface area contributed by atoms with Gasteiger partial charge in [0, 0.05) is 28.4 Å². The Morgan fingerprint density at radius 2 is 1.74 bits per heavy atom. The van der Waals surface area contributed by atoms with E-state index in [2.05, 4.69) is 65.1 Å². The van der Waals surface area contributed by atoms with Crippen molar-refractivity contribution in [3.05, 3.63) is 30.0 Å². The minimum absolute atomic E-state index is 0.0276. The van der Waals surface area contributed by atoms with Crippen molar-refractivity contribution >= 4 is 11.0 Å². The second-order valence-corrected chi connectivity index (χ2v) is 8.86. The van der Waals surface area contributed by atoms with E-state index in [1.807, 2.05) is 6.07 Å². The monoisotopic (exact) mass is 315 g/mol. The van der Waals surface area contributed by atoms with Crippen LogP contribution in [-0.2, 0) is 5.41 Å². The Balaban J connectivity index is 1.64. The lowest BCUT2D eigenvalue weighted by Gasteiger charge is -2.40. The molecular weight excluding hydrogens is 286 g/mol. The van der Waals surface area contributed by atoms with Gasteiger partial charge < -0.3 is 14.5 Å². The zero-order chi connectivity index (χ0) is 16.8. The van der Waals surface area contributed by atoms with Crippen LogP contribution < -0.4 is 10.1 Å². The van der Waals surface area contributed by atoms with Crippen LogP contribution in [0.2, 0.25) is 0 Å². The van der Waals surface area contributed by atoms with Crippen molar-refractivity contribution in [2.24, 2.45) is 0 Å². The summed E-state index contributed by atoms with van der Waals surface area (Å²) in [7, 11) is 0. The Morgan fingerprint density at radius 1 is 1.04 bits per heavy atom. The fraction of sp³-hybridized carbons (Fsp3) is 0.600. The number of furan rings is 1. The molecule has 3 rings (SSSR count). The predicted molar refractivity (Wildman–Crippen MR) is 95.2 cm³/mol. The molecule has 0 aliphatic heterocycles. The van der Waals surface area contributed by atoms with Crippen LogP contribution in [0.15, 0.2) is 28.7 Å². The third-order valence-corrected chi connectivity index (χ3v) is 4.27. The quantitative estimate of drug-likeness (QED) is 0.862. The summed E-state index contributed by atoms with van der Waals surface area (Å²) < 4.78 is 12.1. The standard InChI is InChI=1S/C20H29NO2/c1-19(2,3)18-9-13-7-8-15(12-17(13)23-18)22-16-10-14(11-16)21-20(4,5)6/h7-9,12,14,16,21H,10-11H2,1-6H3/t14-,16-. The summed E-state index contributed by atoms with van der Waals surface area (Å²) in [5.41, 5.74) is 1.11. The van der Waals surface area contributed by atoms with Gasteiger partial charge in [0.2, 0.25) is 0 Å². The van der Waals surface area contributed by atoms with E-state index >= 15 is 0 Å². The molecule has 0 bridgehead atoms. The molecule has 1 N–H and O–H groups in total. The highest BCUT2D eigenvalue weighted by atomic mass is 16.5. The van der Waals surface area contributed by atoms with Gasteiger partial charge in [-0.15, -0.1) is 0 Å². The Hall–Kier alpha value is -1.48. The maximum absolute atomic E-state index is 6.10. The van der Waals surface area contributed by atoms with Gasteiger partial charge in [-0.05, 0) is 51.8 Å². The summed E-state index contributed by atoms with van der Waals surface area (Å²) in [4.78, 5) is 0. The van der Waals surface area contributed by atoms with Crippen LogP contribution in [-0.4, -0.2) is 17.7 Å². The molecule has 0 spiro atoms. The molecule has 0 atom stereocenters. The molecule has 3 heteroatoms. The highest BCUT2D eigenvalue weighted by Crippen LogP contribution is 2.33. The zero-order valence-electron chi connectivity index (χ0n) is 15.2. The van der Waals surface area contributed by atoms with Gasteiger partial charge in [-0.1, -0.05) is 20.8 Å². The highest BCUT2D eigenvalue weighted by Gasteiger charge is 2.33. The number of nitrogens with one attached hydrogen (secondary N) is 1. The lowest BCUT2D eigenvalue weighted by atomic mass is 9.87. The van der Waals surface area contributed by atoms with Gasteiger partial charge in [-0.2, -0.15) is 0 Å². The number of fused-ring (bicyclic) bond motifs is 1. The first kappa shape index (κ1) is 16.4. The Bertz CT molecular complexity index is 682. The third kappa shape index (κ3) is 3.89. The van der Waals surface area contributed by atoms with E-state index in [4.69, 9.17) is 9.15 Å². The molecule has 126 valence electrons. The van der Waals surface area contributed by atoms with Gasteiger partial charge in [0.05, 0.1) is 0 Å². The van der Waals surface area contributed by atoms with E-state index in [0.717, 1.165) is 35.3 Å². The van der Waals surface area contributed by atoms with Crippen molar-refractivity contribution in [3.63, 3.8) is 0 Å². The van der Waals surface area contributed by atoms with Crippen molar-refractivity contribution in [2.45, 2.75) is 77.5 Å². The summed E-state index contributed by atoms with van der Waals surface area (Å²) in [6.07, 6.45) is 2.45. The molecule has 1 aromatic heterocycles. The van der Waals surface area contributed by atoms with Crippen LogP contribution in [0.4, 0.5) is 0 Å². The number of ether oxygens (including phenoxy) is 1. The molecule has 1 heterocycles. The number of benzene rings is 1. The van der Waals surface area contributed by atoms with E-state index in [1.54, 1.807) is 0 Å². The first-order valence-electron chi connectivity index (χ1n) is 8.59. The molecule has 1 saturated carbocycles. The summed E-state index contributed by atoms with van der Waals surface area (Å²) >= 11 is 0. The third-order valence-electron chi connectivity index (χ3n) is 4.27. The van der Waals surface area contributed by atoms with Gasteiger partial charge >= 0.3 is 0 Å². The molecule has 1 aromatic carbocycles. The number of hydrogen-bond donors (Lipinski definition) is 1. The normalized spacial score (nSPS) is 22.2. The van der Waals surface area contributed by atoms with E-state index in [-0.39, 0.29) is 11.0 Å². The maximum atomic E-state index is 6.10. The number of hydrogen-bond acceptors (Lipinski definition) is 3. The second kappa shape index (κ2) is 5.55. The average Bonchev–Trinajstić information content (AvgIpc) is 2.77. The lowest BCUT2D eigenvalue weighted by molar-refractivity contribution is 0.0735. The fourth-order valence-electron chi connectivity index (χ4n) is 3.04. The zero-order valence-corrected chi connectivity index (χ0v) is 15.2. The molecule has 0 unspecified atom stereocenters. The van der Waals surface area contributed by atoms with Gasteiger partial charge in [-0.25, -0.2) is 0 Å². The molecule has 2 aromatic rings. The smallest absolute Gasteiger partial charge is 0.137 e. The Labute approximate surface area is 139 Å². The van der Waals surface area contributed by atoms with Gasteiger partial charge in [0.1, 0.15) is 23.2 Å². The average molecular weight is 315 g/mol. The molecule has 0 saturated heterocycles. The van der Waals surface area contributed by atoms with E-state index in [1.165, 1.54) is 0 Å². The molecule has 0 amide bonds. The van der Waals surface area contributed by atoms with Crippen molar-refractivity contribution in [1.29, 1.82) is 0 Å². The van der Waals surface area contributed by atoms with Crippen LogP contribution in [0.1, 0.15) is 60.1 Å². The van der Waals surface area contributed by atoms with Crippen molar-refractivity contribution in [1.82, 2.24) is 5.32 Å². The van der Waals surface area contributed by atoms with Crippen molar-refractivity contribution in [3.8, 4) is 5.75 Å². The maximum Gasteiger partial charge on any atom is 0.137 e. The van der Waals surface area contributed by atoms with Crippen LogP contribution in [0.5, 0.6) is 5.75 Å². The van der Waals surface area contributed by atoms with E-state index in [9.17, 15) is 0 Å². The Kier molecular flexibility index (Phi) is 3.96. The molecule has 1 aliphatic carbocycles. The molecule has 1 aliphatic rings. The summed E-state index contributed by atoms with van der Waals surface area (Å²) in [6.45, 7) is 13.1. The molecule has 0 radical (unpaired) electrons. The highest BCUT2D eigenvalue weighted by molar-refractivity contribution is 5.79. The second-order valence-electron chi connectivity index (χ2n) is 8.86. The Morgan fingerprint density at radius 3 is 2.35 bits per heavy atom. The molecular formula is C20H29NO2. The SMILES string of the molecule is CC(C)(C)N[C@H]1C[C@H](Oc2ccc3cc(C(C)(C)C)oc3c2)C1. The summed E-state index contributed by atoms with van der Waals surface area (Å²) in [6, 6.07) is 8.86.